The number of fused-ring (bicyclic) bond motifs is 1. The minimum Gasteiger partial charge on any atom is -0.316 e. The number of aryl methyl sites for hydroxylation is 3. The number of nitrogens with zero attached hydrogens (tertiary/aromatic N) is 2. The SMILES string of the molecule is CCn1c(=NC(=O)c2ccc(S(C)(=O)=O)cc2)sc2c(C)ccc(C)c21. The molecule has 0 radical (unpaired) electrons. The van der Waals surface area contributed by atoms with Crippen LogP contribution < -0.4 is 4.80 Å². The van der Waals surface area contributed by atoms with Crippen molar-refractivity contribution in [2.75, 3.05) is 6.26 Å². The van der Waals surface area contributed by atoms with Gasteiger partial charge in [-0.1, -0.05) is 23.5 Å². The van der Waals surface area contributed by atoms with Gasteiger partial charge in [0, 0.05) is 18.4 Å². The quantitative estimate of drug-likeness (QED) is 0.690. The van der Waals surface area contributed by atoms with Gasteiger partial charge in [0.25, 0.3) is 5.91 Å². The zero-order chi connectivity index (χ0) is 19.1. The molecule has 2 aromatic carbocycles. The molecule has 0 saturated carbocycles. The maximum absolute atomic E-state index is 12.6. The van der Waals surface area contributed by atoms with Crippen molar-refractivity contribution >= 4 is 37.3 Å². The molecule has 0 saturated heterocycles. The van der Waals surface area contributed by atoms with Crippen molar-refractivity contribution < 1.29 is 13.2 Å². The highest BCUT2D eigenvalue weighted by Crippen LogP contribution is 2.25. The molecule has 0 bridgehead atoms. The Morgan fingerprint density at radius 2 is 1.69 bits per heavy atom. The van der Waals surface area contributed by atoms with Crippen LogP contribution in [0.3, 0.4) is 0 Å². The molecule has 3 aromatic rings. The number of thiazole rings is 1. The Kier molecular flexibility index (Phi) is 4.86. The van der Waals surface area contributed by atoms with E-state index in [0.717, 1.165) is 27.6 Å². The minimum absolute atomic E-state index is 0.186. The predicted molar refractivity (Wildman–Crippen MR) is 104 cm³/mol. The molecule has 0 aliphatic heterocycles. The van der Waals surface area contributed by atoms with E-state index < -0.39 is 9.84 Å². The maximum Gasteiger partial charge on any atom is 0.279 e. The van der Waals surface area contributed by atoms with E-state index in [2.05, 4.69) is 24.0 Å². The fourth-order valence-electron chi connectivity index (χ4n) is 2.85. The summed E-state index contributed by atoms with van der Waals surface area (Å²) < 4.78 is 26.3. The third-order valence-corrected chi connectivity index (χ3v) is 6.61. The van der Waals surface area contributed by atoms with E-state index in [1.165, 1.54) is 35.6 Å². The van der Waals surface area contributed by atoms with Crippen LogP contribution in [0, 0.1) is 13.8 Å². The molecule has 3 rings (SSSR count). The average Bonchev–Trinajstić information content (AvgIpc) is 2.97. The van der Waals surface area contributed by atoms with E-state index in [4.69, 9.17) is 0 Å². The molecule has 0 spiro atoms. The summed E-state index contributed by atoms with van der Waals surface area (Å²) in [5.74, 6) is -0.380. The summed E-state index contributed by atoms with van der Waals surface area (Å²) in [6, 6.07) is 10.0. The van der Waals surface area contributed by atoms with Crippen molar-refractivity contribution in [2.45, 2.75) is 32.2 Å². The monoisotopic (exact) mass is 388 g/mol. The van der Waals surface area contributed by atoms with Crippen molar-refractivity contribution in [3.05, 3.63) is 57.9 Å². The number of hydrogen-bond donors (Lipinski definition) is 0. The van der Waals surface area contributed by atoms with Crippen LogP contribution in [0.2, 0.25) is 0 Å². The number of aromatic nitrogens is 1. The number of sulfone groups is 1. The van der Waals surface area contributed by atoms with Gasteiger partial charge in [-0.3, -0.25) is 4.79 Å². The minimum atomic E-state index is -3.29. The highest BCUT2D eigenvalue weighted by molar-refractivity contribution is 7.90. The fraction of sp³-hybridized carbons (Fsp3) is 0.263. The van der Waals surface area contributed by atoms with E-state index in [1.807, 2.05) is 18.4 Å². The van der Waals surface area contributed by atoms with Crippen molar-refractivity contribution in [2.24, 2.45) is 4.99 Å². The van der Waals surface area contributed by atoms with E-state index in [1.54, 1.807) is 0 Å². The molecule has 0 aliphatic rings. The van der Waals surface area contributed by atoms with Gasteiger partial charge in [-0.05, 0) is 56.2 Å². The summed E-state index contributed by atoms with van der Waals surface area (Å²) in [6.45, 7) is 6.84. The predicted octanol–water partition coefficient (Wildman–Crippen LogP) is 3.48. The zero-order valence-corrected chi connectivity index (χ0v) is 16.7. The Hall–Kier alpha value is -2.25. The summed E-state index contributed by atoms with van der Waals surface area (Å²) in [4.78, 5) is 17.7. The van der Waals surface area contributed by atoms with Gasteiger partial charge >= 0.3 is 0 Å². The lowest BCUT2D eigenvalue weighted by molar-refractivity contribution is 0.0997. The van der Waals surface area contributed by atoms with Crippen molar-refractivity contribution in [3.8, 4) is 0 Å². The second kappa shape index (κ2) is 6.81. The summed E-state index contributed by atoms with van der Waals surface area (Å²) in [6.07, 6.45) is 1.14. The lowest BCUT2D eigenvalue weighted by atomic mass is 10.1. The van der Waals surface area contributed by atoms with Crippen molar-refractivity contribution in [1.82, 2.24) is 4.57 Å². The first-order valence-corrected chi connectivity index (χ1v) is 10.9. The summed E-state index contributed by atoms with van der Waals surface area (Å²) in [5.41, 5.74) is 3.78. The fourth-order valence-corrected chi connectivity index (χ4v) is 4.72. The van der Waals surface area contributed by atoms with Gasteiger partial charge in [0.2, 0.25) is 0 Å². The number of benzene rings is 2. The number of carbonyl (C=O) groups is 1. The van der Waals surface area contributed by atoms with Crippen molar-refractivity contribution in [1.29, 1.82) is 0 Å². The lowest BCUT2D eigenvalue weighted by Gasteiger charge is -2.04. The molecule has 5 nitrogen and oxygen atoms in total. The van der Waals surface area contributed by atoms with E-state index in [9.17, 15) is 13.2 Å². The molecule has 1 amide bonds. The van der Waals surface area contributed by atoms with E-state index in [-0.39, 0.29) is 10.8 Å². The average molecular weight is 389 g/mol. The van der Waals surface area contributed by atoms with Crippen molar-refractivity contribution in [3.63, 3.8) is 0 Å². The Bertz CT molecular complexity index is 1170. The van der Waals surface area contributed by atoms with Gasteiger partial charge in [-0.2, -0.15) is 4.99 Å². The number of carbonyl (C=O) groups excluding carboxylic acids is 1. The second-order valence-corrected chi connectivity index (χ2v) is 9.21. The Morgan fingerprint density at radius 3 is 2.27 bits per heavy atom. The molecular formula is C19H20N2O3S2. The molecule has 0 N–H and O–H groups in total. The molecular weight excluding hydrogens is 368 g/mol. The molecule has 0 atom stereocenters. The Morgan fingerprint density at radius 1 is 1.08 bits per heavy atom. The van der Waals surface area contributed by atoms with Crippen LogP contribution in [0.1, 0.15) is 28.4 Å². The van der Waals surface area contributed by atoms with Gasteiger partial charge in [0.1, 0.15) is 0 Å². The van der Waals surface area contributed by atoms with Crippen LogP contribution in [0.15, 0.2) is 46.3 Å². The lowest BCUT2D eigenvalue weighted by Crippen LogP contribution is -2.16. The number of hydrogen-bond acceptors (Lipinski definition) is 4. The van der Waals surface area contributed by atoms with Crippen LogP contribution >= 0.6 is 11.3 Å². The third kappa shape index (κ3) is 3.37. The second-order valence-electron chi connectivity index (χ2n) is 6.22. The Balaban J connectivity index is 2.11. The molecule has 0 unspecified atom stereocenters. The summed E-state index contributed by atoms with van der Waals surface area (Å²) in [5, 5.41) is 0. The molecule has 1 aromatic heterocycles. The summed E-state index contributed by atoms with van der Waals surface area (Å²) >= 11 is 1.50. The van der Waals surface area contributed by atoms with E-state index >= 15 is 0 Å². The number of rotatable bonds is 3. The highest BCUT2D eigenvalue weighted by Gasteiger charge is 2.13. The van der Waals surface area contributed by atoms with Gasteiger partial charge in [-0.25, -0.2) is 8.42 Å². The summed E-state index contributed by atoms with van der Waals surface area (Å²) in [7, 11) is -3.29. The molecule has 0 aliphatic carbocycles. The standard InChI is InChI=1S/C19H20N2O3S2/c1-5-21-16-12(2)6-7-13(3)17(16)25-19(21)20-18(22)14-8-10-15(11-9-14)26(4,23)24/h6-11H,5H2,1-4H3. The molecule has 1 heterocycles. The topological polar surface area (TPSA) is 68.5 Å². The smallest absolute Gasteiger partial charge is 0.279 e. The maximum atomic E-state index is 12.6. The molecule has 7 heteroatoms. The van der Waals surface area contributed by atoms with Crippen LogP contribution in [0.25, 0.3) is 10.2 Å². The van der Waals surface area contributed by atoms with Gasteiger partial charge < -0.3 is 4.57 Å². The Labute approximate surface area is 156 Å². The number of amides is 1. The van der Waals surface area contributed by atoms with Crippen LogP contribution in [0.4, 0.5) is 0 Å². The molecule has 136 valence electrons. The zero-order valence-electron chi connectivity index (χ0n) is 15.1. The molecule has 26 heavy (non-hydrogen) atoms. The first-order chi connectivity index (χ1) is 12.2. The first-order valence-electron chi connectivity index (χ1n) is 8.21. The van der Waals surface area contributed by atoms with Gasteiger partial charge in [0.15, 0.2) is 14.6 Å². The van der Waals surface area contributed by atoms with Gasteiger partial charge in [-0.15, -0.1) is 0 Å². The normalized spacial score (nSPS) is 12.7. The highest BCUT2D eigenvalue weighted by atomic mass is 32.2. The van der Waals surface area contributed by atoms with Gasteiger partial charge in [0.05, 0.1) is 15.1 Å². The largest absolute Gasteiger partial charge is 0.316 e. The van der Waals surface area contributed by atoms with E-state index in [0.29, 0.717) is 16.9 Å². The molecule has 0 fully saturated rings. The van der Waals surface area contributed by atoms with Crippen LogP contribution in [0.5, 0.6) is 0 Å². The third-order valence-electron chi connectivity index (χ3n) is 4.27. The first kappa shape index (κ1) is 18.5. The van der Waals surface area contributed by atoms with Crippen LogP contribution in [-0.2, 0) is 16.4 Å². The van der Waals surface area contributed by atoms with Crippen LogP contribution in [-0.4, -0.2) is 25.1 Å².